The molecule has 174 valence electrons. The number of nitrogens with zero attached hydrogens (tertiary/aromatic N) is 3. The number of anilines is 2. The Balaban J connectivity index is 0.00000306. The first-order valence-corrected chi connectivity index (χ1v) is 10.2. The number of benzene rings is 3. The van der Waals surface area contributed by atoms with E-state index in [4.69, 9.17) is 24.0 Å². The number of hydrazone groups is 1. The van der Waals surface area contributed by atoms with Crippen LogP contribution in [0.2, 0.25) is 0 Å². The Morgan fingerprint density at radius 2 is 1.55 bits per heavy atom. The molecule has 4 rings (SSSR count). The first kappa shape index (κ1) is 23.9. The number of ether oxygens (including phenoxy) is 4. The van der Waals surface area contributed by atoms with Crippen molar-refractivity contribution in [2.75, 3.05) is 38.2 Å². The monoisotopic (exact) mass is 470 g/mol. The summed E-state index contributed by atoms with van der Waals surface area (Å²) in [6.07, 6.45) is 0. The van der Waals surface area contributed by atoms with Crippen molar-refractivity contribution in [3.05, 3.63) is 72.3 Å². The maximum Gasteiger partial charge on any atom is 0.176 e. The van der Waals surface area contributed by atoms with E-state index in [0.717, 1.165) is 28.4 Å². The molecule has 0 saturated heterocycles. The molecule has 1 aliphatic rings. The highest BCUT2D eigenvalue weighted by Crippen LogP contribution is 2.34. The second kappa shape index (κ2) is 10.7. The zero-order valence-electron chi connectivity index (χ0n) is 18.9. The van der Waals surface area contributed by atoms with Crippen molar-refractivity contribution in [1.29, 1.82) is 0 Å². The Morgan fingerprint density at radius 3 is 2.21 bits per heavy atom. The molecule has 8 nitrogen and oxygen atoms in total. The third-order valence-corrected chi connectivity index (χ3v) is 4.95. The lowest BCUT2D eigenvalue weighted by molar-refractivity contribution is 0.340. The van der Waals surface area contributed by atoms with Gasteiger partial charge in [0.25, 0.3) is 0 Å². The van der Waals surface area contributed by atoms with Crippen molar-refractivity contribution in [2.24, 2.45) is 5.10 Å². The molecule has 0 aliphatic carbocycles. The normalized spacial score (nSPS) is 12.4. The summed E-state index contributed by atoms with van der Waals surface area (Å²) in [4.78, 5) is 0. The van der Waals surface area contributed by atoms with Gasteiger partial charge in [-0.2, -0.15) is 10.2 Å². The summed E-state index contributed by atoms with van der Waals surface area (Å²) in [5.74, 6) is 3.43. The number of hydrazine groups is 2. The third-order valence-electron chi connectivity index (χ3n) is 4.95. The van der Waals surface area contributed by atoms with Gasteiger partial charge in [-0.1, -0.05) is 12.1 Å². The van der Waals surface area contributed by atoms with Crippen LogP contribution in [0, 0.1) is 0 Å². The molecule has 0 bridgehead atoms. The predicted octanol–water partition coefficient (Wildman–Crippen LogP) is 4.64. The summed E-state index contributed by atoms with van der Waals surface area (Å²) in [5.41, 5.74) is 5.91. The molecule has 0 spiro atoms. The topological polar surface area (TPSA) is 67.8 Å². The van der Waals surface area contributed by atoms with E-state index < -0.39 is 0 Å². The van der Waals surface area contributed by atoms with Gasteiger partial charge in [0.05, 0.1) is 33.6 Å². The largest absolute Gasteiger partial charge is 0.497 e. The van der Waals surface area contributed by atoms with Gasteiger partial charge in [-0.05, 0) is 61.5 Å². The highest BCUT2D eigenvalue weighted by molar-refractivity contribution is 6.02. The molecule has 0 aromatic heterocycles. The van der Waals surface area contributed by atoms with Gasteiger partial charge < -0.3 is 18.9 Å². The molecule has 1 heterocycles. The van der Waals surface area contributed by atoms with E-state index in [1.165, 1.54) is 0 Å². The molecule has 0 saturated carbocycles. The van der Waals surface area contributed by atoms with E-state index in [1.807, 2.05) is 78.8 Å². The fourth-order valence-electron chi connectivity index (χ4n) is 3.38. The maximum absolute atomic E-state index is 5.86. The number of para-hydroxylation sites is 2. The highest BCUT2D eigenvalue weighted by Gasteiger charge is 2.29. The van der Waals surface area contributed by atoms with Gasteiger partial charge >= 0.3 is 0 Å². The Kier molecular flexibility index (Phi) is 7.74. The lowest BCUT2D eigenvalue weighted by atomic mass is 10.2. The Hall–Kier alpha value is -3.78. The van der Waals surface area contributed by atoms with Crippen LogP contribution in [0.4, 0.5) is 11.4 Å². The van der Waals surface area contributed by atoms with Crippen LogP contribution in [0.3, 0.4) is 0 Å². The molecule has 1 N–H and O–H groups in total. The minimum atomic E-state index is 0. The Bertz CT molecular complexity index is 1110. The summed E-state index contributed by atoms with van der Waals surface area (Å²) in [7, 11) is 4.87. The number of halogens is 1. The molecule has 0 amide bonds. The summed E-state index contributed by atoms with van der Waals surface area (Å²) in [5, 5.41) is 8.47. The van der Waals surface area contributed by atoms with Gasteiger partial charge in [0.1, 0.15) is 17.2 Å². The van der Waals surface area contributed by atoms with E-state index >= 15 is 0 Å². The Labute approximate surface area is 199 Å². The standard InChI is InChI=1S/C24H26N4O4.ClH/c1-5-32-21-9-7-6-8-20(21)28-26-24(17-10-15-22(30-3)23(16-17)31-4)25-27(28)18-11-13-19(29-2)14-12-18;/h6-16H,5H2,1-4H3,(H,25,26);1H. The van der Waals surface area contributed by atoms with Crippen LogP contribution in [0.5, 0.6) is 23.0 Å². The van der Waals surface area contributed by atoms with Gasteiger partial charge in [-0.15, -0.1) is 17.5 Å². The predicted molar refractivity (Wildman–Crippen MR) is 132 cm³/mol. The van der Waals surface area contributed by atoms with Gasteiger partial charge in [-0.3, -0.25) is 5.43 Å². The van der Waals surface area contributed by atoms with Crippen LogP contribution < -0.4 is 34.6 Å². The fourth-order valence-corrected chi connectivity index (χ4v) is 3.38. The summed E-state index contributed by atoms with van der Waals surface area (Å²) < 4.78 is 22.0. The van der Waals surface area contributed by atoms with E-state index in [-0.39, 0.29) is 12.4 Å². The maximum atomic E-state index is 5.86. The van der Waals surface area contributed by atoms with Crippen molar-refractivity contribution in [3.8, 4) is 23.0 Å². The molecule has 0 fully saturated rings. The SMILES string of the molecule is CCOc1ccccc1N1NC(c2ccc(OC)c(OC)c2)=NN1c1ccc(OC)cc1.Cl. The molecule has 3 aromatic rings. The van der Waals surface area contributed by atoms with E-state index in [1.54, 1.807) is 26.4 Å². The lowest BCUT2D eigenvalue weighted by Crippen LogP contribution is -2.45. The molecular weight excluding hydrogens is 444 g/mol. The molecule has 33 heavy (non-hydrogen) atoms. The zero-order chi connectivity index (χ0) is 22.5. The molecular formula is C24H27ClN4O4. The molecule has 0 atom stereocenters. The summed E-state index contributed by atoms with van der Waals surface area (Å²) in [6.45, 7) is 2.51. The number of hydrogen-bond acceptors (Lipinski definition) is 8. The number of methoxy groups -OCH3 is 3. The van der Waals surface area contributed by atoms with Crippen molar-refractivity contribution in [2.45, 2.75) is 6.92 Å². The minimum Gasteiger partial charge on any atom is -0.497 e. The van der Waals surface area contributed by atoms with Crippen LogP contribution >= 0.6 is 12.4 Å². The van der Waals surface area contributed by atoms with Gasteiger partial charge in [0.15, 0.2) is 17.3 Å². The van der Waals surface area contributed by atoms with Crippen molar-refractivity contribution in [1.82, 2.24) is 5.43 Å². The molecule has 1 aliphatic heterocycles. The smallest absolute Gasteiger partial charge is 0.176 e. The van der Waals surface area contributed by atoms with Crippen molar-refractivity contribution >= 4 is 29.6 Å². The second-order valence-corrected chi connectivity index (χ2v) is 6.83. The third kappa shape index (κ3) is 4.85. The first-order chi connectivity index (χ1) is 15.7. The van der Waals surface area contributed by atoms with Crippen LogP contribution in [0.15, 0.2) is 71.8 Å². The first-order valence-electron chi connectivity index (χ1n) is 10.2. The molecule has 9 heteroatoms. The van der Waals surface area contributed by atoms with Gasteiger partial charge in [0, 0.05) is 5.56 Å². The van der Waals surface area contributed by atoms with Crippen molar-refractivity contribution in [3.63, 3.8) is 0 Å². The number of hydrogen-bond donors (Lipinski definition) is 1. The molecule has 0 unspecified atom stereocenters. The van der Waals surface area contributed by atoms with E-state index in [9.17, 15) is 0 Å². The van der Waals surface area contributed by atoms with Crippen molar-refractivity contribution < 1.29 is 18.9 Å². The van der Waals surface area contributed by atoms with E-state index in [2.05, 4.69) is 5.43 Å². The second-order valence-electron chi connectivity index (χ2n) is 6.83. The van der Waals surface area contributed by atoms with Crippen LogP contribution in [-0.4, -0.2) is 33.8 Å². The highest BCUT2D eigenvalue weighted by atomic mass is 35.5. The zero-order valence-corrected chi connectivity index (χ0v) is 19.8. The average molecular weight is 471 g/mol. The molecule has 0 radical (unpaired) electrons. The number of amidine groups is 1. The quantitative estimate of drug-likeness (QED) is 0.514. The lowest BCUT2D eigenvalue weighted by Gasteiger charge is -2.29. The van der Waals surface area contributed by atoms with Crippen LogP contribution in [0.25, 0.3) is 0 Å². The molecule has 3 aromatic carbocycles. The summed E-state index contributed by atoms with van der Waals surface area (Å²) >= 11 is 0. The van der Waals surface area contributed by atoms with E-state index in [0.29, 0.717) is 23.9 Å². The van der Waals surface area contributed by atoms with Crippen LogP contribution in [-0.2, 0) is 0 Å². The fraction of sp³-hybridized carbons (Fsp3) is 0.208. The number of nitrogens with one attached hydrogen (secondary N) is 1. The Morgan fingerprint density at radius 1 is 0.818 bits per heavy atom. The van der Waals surface area contributed by atoms with Crippen LogP contribution in [0.1, 0.15) is 12.5 Å². The average Bonchev–Trinajstić information content (AvgIpc) is 3.29. The number of rotatable bonds is 8. The minimum absolute atomic E-state index is 0. The van der Waals surface area contributed by atoms with Gasteiger partial charge in [-0.25, -0.2) is 0 Å². The summed E-state index contributed by atoms with van der Waals surface area (Å²) in [6, 6.07) is 21.1. The van der Waals surface area contributed by atoms with Gasteiger partial charge in [0.2, 0.25) is 0 Å².